The predicted molar refractivity (Wildman–Crippen MR) is 103 cm³/mol. The molecule has 27 heavy (non-hydrogen) atoms. The average Bonchev–Trinajstić information content (AvgIpc) is 3.09. The maximum atomic E-state index is 13.0. The molecule has 0 saturated heterocycles. The molecule has 1 heterocycles. The van der Waals surface area contributed by atoms with E-state index in [9.17, 15) is 13.2 Å². The molecule has 7 nitrogen and oxygen atoms in total. The van der Waals surface area contributed by atoms with E-state index in [2.05, 4.69) is 13.5 Å². The summed E-state index contributed by atoms with van der Waals surface area (Å²) in [5, 5.41) is 0. The molecular weight excluding hydrogens is 386 g/mol. The molecule has 2 aromatic carbocycles. The molecule has 1 unspecified atom stereocenters. The second-order valence-corrected chi connectivity index (χ2v) is 8.43. The van der Waals surface area contributed by atoms with Gasteiger partial charge in [0.15, 0.2) is 0 Å². The van der Waals surface area contributed by atoms with Crippen LogP contribution in [0.3, 0.4) is 0 Å². The van der Waals surface area contributed by atoms with Gasteiger partial charge < -0.3 is 4.74 Å². The first-order valence-electron chi connectivity index (χ1n) is 8.35. The fourth-order valence-corrected chi connectivity index (χ4v) is 4.63. The molecule has 0 aliphatic rings. The van der Waals surface area contributed by atoms with E-state index < -0.39 is 22.0 Å². The number of carbonyl (C=O) groups excluding carboxylic acids is 1. The van der Waals surface area contributed by atoms with Gasteiger partial charge in [-0.3, -0.25) is 4.79 Å². The highest BCUT2D eigenvalue weighted by Gasteiger charge is 2.26. The van der Waals surface area contributed by atoms with Gasteiger partial charge in [-0.05, 0) is 31.5 Å². The predicted octanol–water partition coefficient (Wildman–Crippen LogP) is 3.05. The minimum atomic E-state index is -3.93. The Balaban J connectivity index is 1.93. The average molecular weight is 406 g/mol. The SMILES string of the molecule is CC(C)OC(=O)CC(NS(=O)(=O)c1cccc2nsnc12)c1ccccc1. The Labute approximate surface area is 161 Å². The van der Waals surface area contributed by atoms with E-state index in [1.165, 1.54) is 6.07 Å². The van der Waals surface area contributed by atoms with Crippen molar-refractivity contribution in [1.29, 1.82) is 0 Å². The van der Waals surface area contributed by atoms with E-state index in [0.29, 0.717) is 16.6 Å². The topological polar surface area (TPSA) is 98.2 Å². The Bertz CT molecular complexity index is 1030. The molecule has 1 atom stereocenters. The van der Waals surface area contributed by atoms with Crippen molar-refractivity contribution in [3.8, 4) is 0 Å². The van der Waals surface area contributed by atoms with E-state index in [1.54, 1.807) is 50.2 Å². The van der Waals surface area contributed by atoms with Gasteiger partial charge in [-0.1, -0.05) is 36.4 Å². The van der Waals surface area contributed by atoms with Crippen LogP contribution in [0.1, 0.15) is 31.9 Å². The molecule has 0 amide bonds. The van der Waals surface area contributed by atoms with Crippen molar-refractivity contribution in [1.82, 2.24) is 13.5 Å². The normalized spacial score (nSPS) is 13.0. The van der Waals surface area contributed by atoms with Gasteiger partial charge in [0.05, 0.1) is 30.3 Å². The number of hydrogen-bond donors (Lipinski definition) is 1. The monoisotopic (exact) mass is 405 g/mol. The summed E-state index contributed by atoms with van der Waals surface area (Å²) in [5.74, 6) is -0.477. The van der Waals surface area contributed by atoms with Crippen LogP contribution in [0.15, 0.2) is 53.4 Å². The molecule has 0 spiro atoms. The van der Waals surface area contributed by atoms with E-state index >= 15 is 0 Å². The van der Waals surface area contributed by atoms with Crippen LogP contribution < -0.4 is 4.72 Å². The number of sulfonamides is 1. The zero-order valence-electron chi connectivity index (χ0n) is 14.8. The highest BCUT2D eigenvalue weighted by molar-refractivity contribution is 7.89. The summed E-state index contributed by atoms with van der Waals surface area (Å²) in [7, 11) is -3.93. The lowest BCUT2D eigenvalue weighted by molar-refractivity contribution is -0.147. The molecule has 1 aromatic heterocycles. The zero-order chi connectivity index (χ0) is 19.4. The molecule has 9 heteroatoms. The Morgan fingerprint density at radius 2 is 1.85 bits per heavy atom. The Morgan fingerprint density at radius 3 is 2.56 bits per heavy atom. The van der Waals surface area contributed by atoms with E-state index in [4.69, 9.17) is 4.74 Å². The molecule has 0 aliphatic heterocycles. The van der Waals surface area contributed by atoms with Crippen molar-refractivity contribution in [2.75, 3.05) is 0 Å². The fraction of sp³-hybridized carbons (Fsp3) is 0.278. The fourth-order valence-electron chi connectivity index (χ4n) is 2.64. The lowest BCUT2D eigenvalue weighted by Crippen LogP contribution is -2.31. The van der Waals surface area contributed by atoms with Crippen LogP contribution in [0, 0.1) is 0 Å². The lowest BCUT2D eigenvalue weighted by Gasteiger charge is -2.19. The number of nitrogens with one attached hydrogen (secondary N) is 1. The van der Waals surface area contributed by atoms with Gasteiger partial charge in [-0.2, -0.15) is 8.75 Å². The second-order valence-electron chi connectivity index (χ2n) is 6.22. The van der Waals surface area contributed by atoms with Gasteiger partial charge in [0.1, 0.15) is 15.9 Å². The smallest absolute Gasteiger partial charge is 0.308 e. The van der Waals surface area contributed by atoms with Crippen LogP contribution in [0.4, 0.5) is 0 Å². The van der Waals surface area contributed by atoms with Gasteiger partial charge in [0, 0.05) is 0 Å². The van der Waals surface area contributed by atoms with E-state index in [1.807, 2.05) is 6.07 Å². The van der Waals surface area contributed by atoms with Gasteiger partial charge >= 0.3 is 5.97 Å². The third kappa shape index (κ3) is 4.68. The molecule has 1 N–H and O–H groups in total. The summed E-state index contributed by atoms with van der Waals surface area (Å²) in [6.45, 7) is 3.49. The first-order chi connectivity index (χ1) is 12.9. The van der Waals surface area contributed by atoms with Crippen LogP contribution in [0.25, 0.3) is 11.0 Å². The number of rotatable bonds is 7. The largest absolute Gasteiger partial charge is 0.463 e. The molecule has 0 saturated carbocycles. The third-order valence-corrected chi connectivity index (χ3v) is 5.82. The lowest BCUT2D eigenvalue weighted by atomic mass is 10.1. The first kappa shape index (κ1) is 19.4. The number of carbonyl (C=O) groups is 1. The summed E-state index contributed by atoms with van der Waals surface area (Å²) in [6.07, 6.45) is -0.396. The summed E-state index contributed by atoms with van der Waals surface area (Å²) in [5.41, 5.74) is 1.50. The second kappa shape index (κ2) is 8.12. The number of nitrogens with zero attached hydrogens (tertiary/aromatic N) is 2. The Hall–Kier alpha value is -2.36. The van der Waals surface area contributed by atoms with Gasteiger partial charge in [-0.15, -0.1) is 0 Å². The Kier molecular flexibility index (Phi) is 5.83. The van der Waals surface area contributed by atoms with Crippen LogP contribution in [0.5, 0.6) is 0 Å². The molecule has 0 bridgehead atoms. The number of fused-ring (bicyclic) bond motifs is 1. The summed E-state index contributed by atoms with van der Waals surface area (Å²) >= 11 is 0.950. The number of aromatic nitrogens is 2. The van der Waals surface area contributed by atoms with Crippen molar-refractivity contribution in [3.63, 3.8) is 0 Å². The van der Waals surface area contributed by atoms with E-state index in [0.717, 1.165) is 11.7 Å². The molecule has 142 valence electrons. The summed E-state index contributed by atoms with van der Waals surface area (Å²) in [6, 6.07) is 13.0. The van der Waals surface area contributed by atoms with Crippen molar-refractivity contribution in [3.05, 3.63) is 54.1 Å². The summed E-state index contributed by atoms with van der Waals surface area (Å²) in [4.78, 5) is 12.2. The Morgan fingerprint density at radius 1 is 1.11 bits per heavy atom. The zero-order valence-corrected chi connectivity index (χ0v) is 16.5. The number of hydrogen-bond acceptors (Lipinski definition) is 7. The minimum Gasteiger partial charge on any atom is -0.463 e. The standard InChI is InChI=1S/C18H19N3O4S2/c1-12(2)25-17(22)11-15(13-7-4-3-5-8-13)21-27(23,24)16-10-6-9-14-18(16)20-26-19-14/h3-10,12,15,21H,11H2,1-2H3. The van der Waals surface area contributed by atoms with Gasteiger partial charge in [0.25, 0.3) is 0 Å². The van der Waals surface area contributed by atoms with Gasteiger partial charge in [-0.25, -0.2) is 13.1 Å². The van der Waals surface area contributed by atoms with Crippen molar-refractivity contribution < 1.29 is 17.9 Å². The number of esters is 1. The van der Waals surface area contributed by atoms with Crippen LogP contribution in [-0.4, -0.2) is 29.2 Å². The quantitative estimate of drug-likeness (QED) is 0.607. The van der Waals surface area contributed by atoms with Crippen LogP contribution >= 0.6 is 11.7 Å². The third-order valence-electron chi connectivity index (χ3n) is 3.78. The molecule has 0 fully saturated rings. The first-order valence-corrected chi connectivity index (χ1v) is 10.6. The molecule has 3 aromatic rings. The molecule has 0 aliphatic carbocycles. The maximum Gasteiger partial charge on any atom is 0.308 e. The number of ether oxygens (including phenoxy) is 1. The minimum absolute atomic E-state index is 0.0342. The van der Waals surface area contributed by atoms with E-state index in [-0.39, 0.29) is 17.4 Å². The molecule has 0 radical (unpaired) electrons. The van der Waals surface area contributed by atoms with Gasteiger partial charge in [0.2, 0.25) is 10.0 Å². The van der Waals surface area contributed by atoms with Crippen LogP contribution in [0.2, 0.25) is 0 Å². The highest BCUT2D eigenvalue weighted by atomic mass is 32.2. The molecule has 3 rings (SSSR count). The van der Waals surface area contributed by atoms with Crippen molar-refractivity contribution in [2.45, 2.75) is 37.3 Å². The van der Waals surface area contributed by atoms with Crippen LogP contribution in [-0.2, 0) is 19.6 Å². The summed E-state index contributed by atoms with van der Waals surface area (Å²) < 4.78 is 42.0. The maximum absolute atomic E-state index is 13.0. The number of benzene rings is 2. The van der Waals surface area contributed by atoms with Crippen molar-refractivity contribution in [2.24, 2.45) is 0 Å². The highest BCUT2D eigenvalue weighted by Crippen LogP contribution is 2.25. The molecular formula is C18H19N3O4S2. The van der Waals surface area contributed by atoms with Crippen molar-refractivity contribution >= 4 is 38.8 Å².